The van der Waals surface area contributed by atoms with Crippen LogP contribution in [0.1, 0.15) is 17.3 Å². The van der Waals surface area contributed by atoms with Crippen molar-refractivity contribution in [3.8, 4) is 0 Å². The average Bonchev–Trinajstić information content (AvgIpc) is 2.99. The van der Waals surface area contributed by atoms with Gasteiger partial charge in [-0.15, -0.1) is 11.3 Å². The second-order valence-electron chi connectivity index (χ2n) is 4.54. The van der Waals surface area contributed by atoms with Gasteiger partial charge in [0, 0.05) is 4.88 Å². The van der Waals surface area contributed by atoms with E-state index in [1.807, 2.05) is 0 Å². The molecule has 1 heterocycles. The minimum Gasteiger partial charge on any atom is -0.469 e. The van der Waals surface area contributed by atoms with Gasteiger partial charge in [-0.05, 0) is 29.6 Å². The smallest absolute Gasteiger partial charge is 0.307 e. The zero-order chi connectivity index (χ0) is 17.0. The van der Waals surface area contributed by atoms with Crippen LogP contribution >= 0.6 is 22.9 Å². The summed E-state index contributed by atoms with van der Waals surface area (Å²) in [6.07, 6.45) is -0.172. The molecule has 1 N–H and O–H groups in total. The molecule has 0 aliphatic rings. The molecule has 124 valence electrons. The zero-order valence-corrected chi connectivity index (χ0v) is 14.3. The molecule has 1 aromatic heterocycles. The Morgan fingerprint density at radius 1 is 1.43 bits per heavy atom. The maximum absolute atomic E-state index is 13.1. The number of rotatable bonds is 6. The van der Waals surface area contributed by atoms with Crippen molar-refractivity contribution in [3.05, 3.63) is 51.4 Å². The second kappa shape index (κ2) is 7.39. The molecule has 9 heteroatoms. The van der Waals surface area contributed by atoms with E-state index in [1.54, 1.807) is 17.5 Å². The summed E-state index contributed by atoms with van der Waals surface area (Å²) in [6, 6.07) is 5.63. The summed E-state index contributed by atoms with van der Waals surface area (Å²) >= 11 is 7.11. The highest BCUT2D eigenvalue weighted by Gasteiger charge is 2.26. The molecule has 2 aromatic rings. The van der Waals surface area contributed by atoms with Crippen molar-refractivity contribution in [3.63, 3.8) is 0 Å². The Kier molecular flexibility index (Phi) is 5.74. The molecule has 1 atom stereocenters. The van der Waals surface area contributed by atoms with E-state index in [9.17, 15) is 17.6 Å². The Balaban J connectivity index is 2.32. The van der Waals surface area contributed by atoms with Crippen LogP contribution in [-0.2, 0) is 19.6 Å². The van der Waals surface area contributed by atoms with Gasteiger partial charge < -0.3 is 4.74 Å². The van der Waals surface area contributed by atoms with Crippen LogP contribution in [0.25, 0.3) is 0 Å². The summed E-state index contributed by atoms with van der Waals surface area (Å²) in [6.45, 7) is 0. The van der Waals surface area contributed by atoms with Crippen molar-refractivity contribution in [2.75, 3.05) is 7.11 Å². The molecule has 0 spiro atoms. The third kappa shape index (κ3) is 4.51. The molecule has 0 aliphatic heterocycles. The van der Waals surface area contributed by atoms with E-state index in [0.29, 0.717) is 4.88 Å². The standard InChI is InChI=1S/C14H13ClFNO4S2/c1-21-14(18)8-11(12-3-2-6-22-12)17-23(19,20)13-5-4-9(16)7-10(13)15/h2-7,11,17H,8H2,1H3. The molecular weight excluding hydrogens is 365 g/mol. The van der Waals surface area contributed by atoms with Crippen molar-refractivity contribution in [1.82, 2.24) is 4.72 Å². The number of carbonyl (C=O) groups excluding carboxylic acids is 1. The number of esters is 1. The molecule has 0 amide bonds. The number of methoxy groups -OCH3 is 1. The van der Waals surface area contributed by atoms with Gasteiger partial charge in [-0.2, -0.15) is 0 Å². The third-order valence-electron chi connectivity index (χ3n) is 2.97. The van der Waals surface area contributed by atoms with Crippen LogP contribution in [0.3, 0.4) is 0 Å². The molecule has 1 aromatic carbocycles. The predicted molar refractivity (Wildman–Crippen MR) is 85.4 cm³/mol. The van der Waals surface area contributed by atoms with E-state index >= 15 is 0 Å². The number of benzene rings is 1. The molecule has 0 radical (unpaired) electrons. The minimum absolute atomic E-state index is 0.172. The van der Waals surface area contributed by atoms with Crippen molar-refractivity contribution in [2.45, 2.75) is 17.4 Å². The highest BCUT2D eigenvalue weighted by molar-refractivity contribution is 7.89. The van der Waals surface area contributed by atoms with Crippen LogP contribution in [0, 0.1) is 5.82 Å². The molecule has 0 fully saturated rings. The molecule has 0 saturated carbocycles. The van der Waals surface area contributed by atoms with Gasteiger partial charge in [-0.1, -0.05) is 17.7 Å². The fourth-order valence-corrected chi connectivity index (χ4v) is 4.48. The van der Waals surface area contributed by atoms with E-state index in [-0.39, 0.29) is 16.3 Å². The summed E-state index contributed by atoms with van der Waals surface area (Å²) in [7, 11) is -2.82. The second-order valence-corrected chi connectivity index (χ2v) is 7.61. The number of nitrogens with one attached hydrogen (secondary N) is 1. The van der Waals surface area contributed by atoms with Gasteiger partial charge >= 0.3 is 5.97 Å². The number of hydrogen-bond donors (Lipinski definition) is 1. The lowest BCUT2D eigenvalue weighted by atomic mass is 10.2. The largest absolute Gasteiger partial charge is 0.469 e. The number of ether oxygens (including phenoxy) is 1. The van der Waals surface area contributed by atoms with Crippen LogP contribution in [0.2, 0.25) is 5.02 Å². The first-order valence-corrected chi connectivity index (χ1v) is 9.15. The number of thiophene rings is 1. The zero-order valence-electron chi connectivity index (χ0n) is 12.0. The fourth-order valence-electron chi connectivity index (χ4n) is 1.88. The van der Waals surface area contributed by atoms with E-state index in [0.717, 1.165) is 18.2 Å². The Hall–Kier alpha value is -1.48. The topological polar surface area (TPSA) is 72.5 Å². The Morgan fingerprint density at radius 2 is 2.17 bits per heavy atom. The van der Waals surface area contributed by atoms with Gasteiger partial charge in [0.15, 0.2) is 0 Å². The van der Waals surface area contributed by atoms with Crippen molar-refractivity contribution in [2.24, 2.45) is 0 Å². The number of halogens is 2. The van der Waals surface area contributed by atoms with E-state index in [1.165, 1.54) is 18.4 Å². The SMILES string of the molecule is COC(=O)CC(NS(=O)(=O)c1ccc(F)cc1Cl)c1cccs1. The molecule has 0 bridgehead atoms. The predicted octanol–water partition coefficient (Wildman–Crippen LogP) is 3.12. The van der Waals surface area contributed by atoms with Crippen molar-refractivity contribution >= 4 is 38.9 Å². The lowest BCUT2D eigenvalue weighted by molar-refractivity contribution is -0.141. The highest BCUT2D eigenvalue weighted by Crippen LogP contribution is 2.27. The lowest BCUT2D eigenvalue weighted by Gasteiger charge is -2.17. The monoisotopic (exact) mass is 377 g/mol. The van der Waals surface area contributed by atoms with Gasteiger partial charge in [0.1, 0.15) is 10.7 Å². The summed E-state index contributed by atoms with van der Waals surface area (Å²) in [4.78, 5) is 11.9. The molecule has 23 heavy (non-hydrogen) atoms. The first kappa shape index (κ1) is 17.9. The number of sulfonamides is 1. The molecule has 1 unspecified atom stereocenters. The summed E-state index contributed by atoms with van der Waals surface area (Å²) < 4.78 is 45.0. The summed E-state index contributed by atoms with van der Waals surface area (Å²) in [5.41, 5.74) is 0. The van der Waals surface area contributed by atoms with E-state index < -0.39 is 27.9 Å². The van der Waals surface area contributed by atoms with Crippen LogP contribution in [0.4, 0.5) is 4.39 Å². The Bertz CT molecular complexity index is 793. The fraction of sp³-hybridized carbons (Fsp3) is 0.214. The van der Waals surface area contributed by atoms with E-state index in [2.05, 4.69) is 9.46 Å². The maximum Gasteiger partial charge on any atom is 0.307 e. The minimum atomic E-state index is -4.04. The molecular formula is C14H13ClFNO4S2. The quantitative estimate of drug-likeness (QED) is 0.785. The van der Waals surface area contributed by atoms with Gasteiger partial charge in [0.05, 0.1) is 24.6 Å². The molecule has 5 nitrogen and oxygen atoms in total. The van der Waals surface area contributed by atoms with Crippen LogP contribution in [-0.4, -0.2) is 21.5 Å². The summed E-state index contributed by atoms with van der Waals surface area (Å²) in [5.74, 6) is -1.20. The first-order chi connectivity index (χ1) is 10.8. The average molecular weight is 378 g/mol. The van der Waals surface area contributed by atoms with Crippen molar-refractivity contribution in [1.29, 1.82) is 0 Å². The molecule has 0 aliphatic carbocycles. The normalized spacial score (nSPS) is 12.8. The lowest BCUT2D eigenvalue weighted by Crippen LogP contribution is -2.30. The van der Waals surface area contributed by atoms with E-state index in [4.69, 9.17) is 11.6 Å². The Morgan fingerprint density at radius 3 is 2.74 bits per heavy atom. The van der Waals surface area contributed by atoms with Crippen molar-refractivity contribution < 1.29 is 22.3 Å². The summed E-state index contributed by atoms with van der Waals surface area (Å²) in [5, 5.41) is 1.53. The molecule has 0 saturated heterocycles. The first-order valence-electron chi connectivity index (χ1n) is 6.41. The highest BCUT2D eigenvalue weighted by atomic mass is 35.5. The van der Waals surface area contributed by atoms with Gasteiger partial charge in [0.25, 0.3) is 0 Å². The van der Waals surface area contributed by atoms with Gasteiger partial charge in [-0.3, -0.25) is 4.79 Å². The van der Waals surface area contributed by atoms with Crippen LogP contribution in [0.15, 0.2) is 40.6 Å². The maximum atomic E-state index is 13.1. The number of hydrogen-bond acceptors (Lipinski definition) is 5. The number of carbonyl (C=O) groups is 1. The van der Waals surface area contributed by atoms with Gasteiger partial charge in [-0.25, -0.2) is 17.5 Å². The molecule has 2 rings (SSSR count). The third-order valence-corrected chi connectivity index (χ3v) is 5.91. The van der Waals surface area contributed by atoms with Crippen LogP contribution in [0.5, 0.6) is 0 Å². The van der Waals surface area contributed by atoms with Crippen LogP contribution < -0.4 is 4.72 Å². The Labute approximate surface area is 142 Å². The van der Waals surface area contributed by atoms with Gasteiger partial charge in [0.2, 0.25) is 10.0 Å².